The highest BCUT2D eigenvalue weighted by Gasteiger charge is 2.49. The fourth-order valence-corrected chi connectivity index (χ4v) is 17.7. The minimum Gasteiger partial charge on any atom is -0.445 e. The summed E-state index contributed by atoms with van der Waals surface area (Å²) >= 11 is 0. The number of fused-ring (bicyclic) bond motifs is 12. The fraction of sp³-hybridized carbons (Fsp3) is 0.559. The first kappa shape index (κ1) is 93.0. The first-order valence-corrected chi connectivity index (χ1v) is 42.7. The second-order valence-corrected chi connectivity index (χ2v) is 32.7. The molecule has 120 heavy (non-hydrogen) atoms. The zero-order chi connectivity index (χ0) is 85.1. The maximum atomic E-state index is 13.0. The number of hydrogen-bond acceptors (Lipinski definition) is 22. The number of alkyl carbamates (subject to hydrolysis) is 2. The van der Waals surface area contributed by atoms with Crippen LogP contribution in [0.4, 0.5) is 29.7 Å². The maximum Gasteiger partial charge on any atom is 0.519 e. The van der Waals surface area contributed by atoms with E-state index in [0.717, 1.165) is 106 Å². The Kier molecular flexibility index (Phi) is 37.0. The molecule has 0 aliphatic heterocycles. The average molecular weight is 1660 g/mol. The van der Waals surface area contributed by atoms with Crippen LogP contribution in [0.3, 0.4) is 0 Å². The van der Waals surface area contributed by atoms with Gasteiger partial charge >= 0.3 is 30.5 Å². The zero-order valence-corrected chi connectivity index (χ0v) is 71.2. The van der Waals surface area contributed by atoms with E-state index >= 15 is 0 Å². The van der Waals surface area contributed by atoms with E-state index in [0.29, 0.717) is 135 Å². The van der Waals surface area contributed by atoms with Crippen molar-refractivity contribution in [2.75, 3.05) is 134 Å². The molecule has 0 spiro atoms. The summed E-state index contributed by atoms with van der Waals surface area (Å²) in [7, 11) is 6.69. The van der Waals surface area contributed by atoms with Gasteiger partial charge in [0.25, 0.3) is 5.69 Å². The van der Waals surface area contributed by atoms with Gasteiger partial charge < -0.3 is 92.5 Å². The van der Waals surface area contributed by atoms with Gasteiger partial charge in [0.2, 0.25) is 0 Å². The van der Waals surface area contributed by atoms with Gasteiger partial charge in [-0.15, -0.1) is 0 Å². The highest BCUT2D eigenvalue weighted by Crippen LogP contribution is 2.51. The summed E-state index contributed by atoms with van der Waals surface area (Å²) < 4.78 is 76.1. The van der Waals surface area contributed by atoms with E-state index in [1.807, 2.05) is 97.1 Å². The van der Waals surface area contributed by atoms with Crippen LogP contribution in [0, 0.1) is 27.9 Å². The predicted octanol–water partition coefficient (Wildman–Crippen LogP) is 15.9. The van der Waals surface area contributed by atoms with Crippen molar-refractivity contribution < 1.29 is 95.2 Å². The van der Waals surface area contributed by atoms with E-state index in [4.69, 9.17) is 72.0 Å². The molecular weight excluding hydrogens is 1540 g/mol. The summed E-state index contributed by atoms with van der Waals surface area (Å²) in [5.74, 6) is 2.66. The molecule has 9 atom stereocenters. The normalized spacial score (nSPS) is 21.9. The Balaban J connectivity index is 0.000000191. The SMILES string of the molecule is COCCOCCOCCOCCN(C)C(=O)Oc1ccc2c(c1)[C@@]1(C)CCCCC[C@@H](C2)[C@@H]1N.COCCOCCOCCOCCN(C)C(=O)Oc1ccc2c(c1)[C@@]1(C)CCCCC[C@@H](C2)[C@@H]1NC(=O)OCc1ccccc1.C[C@@]12CCCCC[C@@H](Cc3ccc(OC(=O)Oc4ccc([N+](=O)[O-])cc4)cc31)[C@@H]2NC(=O)OCc1ccccc1. The third-order valence-corrected chi connectivity index (χ3v) is 24.4. The minimum atomic E-state index is -0.940. The number of nitro benzene ring substituents is 1. The van der Waals surface area contributed by atoms with E-state index < -0.39 is 29.4 Å². The van der Waals surface area contributed by atoms with Crippen molar-refractivity contribution in [3.8, 4) is 23.0 Å². The Morgan fingerprint density at radius 2 is 0.767 bits per heavy atom. The quantitative estimate of drug-likeness (QED) is 0.0109. The molecule has 3 fully saturated rings. The lowest BCUT2D eigenvalue weighted by Gasteiger charge is -2.49. The van der Waals surface area contributed by atoms with Gasteiger partial charge in [0, 0.05) is 87.9 Å². The standard InChI is InChI=1S/C35H50N2O8.C31H32N2O7.C27H44N2O6/c1-35-15-9-5-8-12-29(32(35)36-33(38)44-26-27-10-6-4-7-11-27)24-28-13-14-30(25-31(28)35)45-34(39)37(2)16-17-41-20-21-43-23-22-42-19-18-40-3;1-31-17-7-3-6-10-23(28(31)32-29(34)38-20-21-8-4-2-5-9-21)18-22-11-14-26(19-27(22)31)40-30(35)39-25-15-12-24(13-16-25)33(36)37;1-27-10-6-4-5-7-22(25(27)28)19-21-8-9-23(20-24(21)27)35-26(30)29(2)11-12-32-15-16-34-18-17-33-14-13-31-3/h4,6-7,10-11,13-14,25,29,32H,5,8-9,12,15-24,26H2,1-3H3,(H,36,38);2,4-5,8-9,11-16,19,23,28H,3,6-7,10,17-18,20H2,1H3,(H,32,34);8-9,20,22,25H,4-7,10-19,28H2,1-3H3/t29-,32-,35+;23-,28-,31+;22-,25-,27+/m000/s1. The van der Waals surface area contributed by atoms with Crippen LogP contribution in [-0.4, -0.2) is 197 Å². The third kappa shape index (κ3) is 27.4. The van der Waals surface area contributed by atoms with Crippen LogP contribution in [-0.2, 0) is 96.1 Å². The summed E-state index contributed by atoms with van der Waals surface area (Å²) in [5.41, 5.74) is 15.0. The highest BCUT2D eigenvalue weighted by atomic mass is 16.7. The van der Waals surface area contributed by atoms with Crippen LogP contribution < -0.4 is 35.3 Å². The number of rotatable bonds is 35. The molecule has 0 aromatic heterocycles. The molecule has 27 heteroatoms. The molecule has 3 saturated carbocycles. The predicted molar refractivity (Wildman–Crippen MR) is 453 cm³/mol. The van der Waals surface area contributed by atoms with Crippen molar-refractivity contribution in [1.82, 2.24) is 20.4 Å². The van der Waals surface area contributed by atoms with Crippen LogP contribution in [0.15, 0.2) is 140 Å². The molecule has 654 valence electrons. The number of benzene rings is 6. The second-order valence-electron chi connectivity index (χ2n) is 32.7. The van der Waals surface area contributed by atoms with Crippen molar-refractivity contribution in [3.05, 3.63) is 194 Å². The number of ether oxygens (including phenoxy) is 14. The van der Waals surface area contributed by atoms with E-state index in [9.17, 15) is 34.1 Å². The average Bonchev–Trinajstić information content (AvgIpc) is 0.797. The molecule has 6 bridgehead atoms. The van der Waals surface area contributed by atoms with Gasteiger partial charge in [-0.3, -0.25) is 10.1 Å². The van der Waals surface area contributed by atoms with Crippen LogP contribution >= 0.6 is 0 Å². The Morgan fingerprint density at radius 3 is 1.17 bits per heavy atom. The second kappa shape index (κ2) is 47.8. The Morgan fingerprint density at radius 1 is 0.425 bits per heavy atom. The lowest BCUT2D eigenvalue weighted by atomic mass is 9.59. The molecule has 4 amide bonds. The zero-order valence-electron chi connectivity index (χ0n) is 71.2. The van der Waals surface area contributed by atoms with Crippen molar-refractivity contribution in [3.63, 3.8) is 0 Å². The molecule has 6 aromatic rings. The molecule has 4 N–H and O–H groups in total. The van der Waals surface area contributed by atoms with Gasteiger partial charge in [-0.1, -0.05) is 157 Å². The van der Waals surface area contributed by atoms with E-state index in [1.165, 1.54) is 88.4 Å². The molecule has 0 saturated heterocycles. The highest BCUT2D eigenvalue weighted by molar-refractivity contribution is 5.72. The third-order valence-electron chi connectivity index (χ3n) is 24.4. The Bertz CT molecular complexity index is 4180. The molecule has 0 unspecified atom stereocenters. The number of nitrogens with one attached hydrogen (secondary N) is 2. The number of methoxy groups -OCH3 is 2. The van der Waals surface area contributed by atoms with Crippen molar-refractivity contribution in [2.45, 2.75) is 184 Å². The molecule has 0 heterocycles. The number of amides is 4. The summed E-state index contributed by atoms with van der Waals surface area (Å²) in [4.78, 5) is 77.4. The van der Waals surface area contributed by atoms with Gasteiger partial charge in [-0.2, -0.15) is 0 Å². The molecular formula is C93H126N6O21. The van der Waals surface area contributed by atoms with Crippen molar-refractivity contribution >= 4 is 36.2 Å². The van der Waals surface area contributed by atoms with Crippen LogP contribution in [0.25, 0.3) is 0 Å². The summed E-state index contributed by atoms with van der Waals surface area (Å²) in [6.45, 7) is 14.9. The summed E-state index contributed by atoms with van der Waals surface area (Å²) in [5, 5.41) is 17.3. The monoisotopic (exact) mass is 1660 g/mol. The Hall–Kier alpha value is -9.29. The molecule has 6 aliphatic carbocycles. The number of nitro groups is 1. The molecule has 6 aromatic carbocycles. The first-order valence-electron chi connectivity index (χ1n) is 42.7. The van der Waals surface area contributed by atoms with E-state index in [1.54, 1.807) is 34.4 Å². The fourth-order valence-electron chi connectivity index (χ4n) is 17.7. The Labute approximate surface area is 707 Å². The van der Waals surface area contributed by atoms with Crippen LogP contribution in [0.1, 0.15) is 162 Å². The van der Waals surface area contributed by atoms with Crippen molar-refractivity contribution in [2.24, 2.45) is 23.5 Å². The first-order chi connectivity index (χ1) is 58.2. The number of nitrogens with zero attached hydrogens (tertiary/aromatic N) is 3. The summed E-state index contributed by atoms with van der Waals surface area (Å²) in [6, 6.07) is 42.1. The van der Waals surface area contributed by atoms with E-state index in [-0.39, 0.29) is 71.0 Å². The number of nitrogens with two attached hydrogens (primary N) is 1. The van der Waals surface area contributed by atoms with Gasteiger partial charge in [-0.05, 0) is 169 Å². The van der Waals surface area contributed by atoms with Gasteiger partial charge in [0.1, 0.15) is 36.2 Å². The maximum absolute atomic E-state index is 13.0. The van der Waals surface area contributed by atoms with Gasteiger partial charge in [0.15, 0.2) is 0 Å². The number of carbonyl (C=O) groups excluding carboxylic acids is 5. The largest absolute Gasteiger partial charge is 0.519 e. The molecule has 27 nitrogen and oxygen atoms in total. The lowest BCUT2D eigenvalue weighted by molar-refractivity contribution is -0.384. The van der Waals surface area contributed by atoms with Crippen LogP contribution in [0.5, 0.6) is 23.0 Å². The van der Waals surface area contributed by atoms with Gasteiger partial charge in [0.05, 0.1) is 97.4 Å². The molecule has 12 rings (SSSR count). The number of hydrogen-bond donors (Lipinski definition) is 3. The topological polar surface area (TPSA) is 314 Å². The number of carbonyl (C=O) groups is 5. The minimum absolute atomic E-state index is 0.0705. The van der Waals surface area contributed by atoms with Crippen LogP contribution in [0.2, 0.25) is 0 Å². The van der Waals surface area contributed by atoms with Crippen molar-refractivity contribution in [1.29, 1.82) is 0 Å². The lowest BCUT2D eigenvalue weighted by Crippen LogP contribution is -2.57. The molecule has 0 radical (unpaired) electrons. The number of likely N-dealkylation sites (N-methyl/N-ethyl adjacent to an activating group) is 2. The summed E-state index contributed by atoms with van der Waals surface area (Å²) in [6.07, 6.45) is 16.6. The number of non-ortho nitro benzene ring substituents is 1. The van der Waals surface area contributed by atoms with Gasteiger partial charge in [-0.25, -0.2) is 24.0 Å². The van der Waals surface area contributed by atoms with E-state index in [2.05, 4.69) is 43.5 Å². The smallest absolute Gasteiger partial charge is 0.445 e. The molecule has 6 aliphatic rings.